The zero-order chi connectivity index (χ0) is 15.6. The van der Waals surface area contributed by atoms with Crippen LogP contribution in [0.2, 0.25) is 0 Å². The predicted molar refractivity (Wildman–Crippen MR) is 81.9 cm³/mol. The van der Waals surface area contributed by atoms with Gasteiger partial charge in [0, 0.05) is 37.7 Å². The van der Waals surface area contributed by atoms with Gasteiger partial charge in [-0.2, -0.15) is 0 Å². The van der Waals surface area contributed by atoms with Crippen LogP contribution < -0.4 is 5.32 Å². The molecule has 22 heavy (non-hydrogen) atoms. The summed E-state index contributed by atoms with van der Waals surface area (Å²) in [4.78, 5) is 0. The third kappa shape index (κ3) is 3.43. The maximum Gasteiger partial charge on any atom is 0.248 e. The van der Waals surface area contributed by atoms with Gasteiger partial charge in [0.2, 0.25) is 5.92 Å². The predicted octanol–water partition coefficient (Wildman–Crippen LogP) is 3.81. The van der Waals surface area contributed by atoms with Gasteiger partial charge >= 0.3 is 0 Å². The minimum atomic E-state index is -2.47. The average Bonchev–Trinajstić information content (AvgIpc) is 2.98. The molecule has 1 saturated carbocycles. The summed E-state index contributed by atoms with van der Waals surface area (Å²) in [6.07, 6.45) is 2.98. The summed E-state index contributed by atoms with van der Waals surface area (Å²) in [7, 11) is 1.87. The number of anilines is 1. The maximum atomic E-state index is 13.2. The molecule has 1 aromatic heterocycles. The van der Waals surface area contributed by atoms with Crippen molar-refractivity contribution in [2.75, 3.05) is 12.4 Å². The third-order valence-electron chi connectivity index (χ3n) is 4.27. The molecule has 1 aromatic carbocycles. The van der Waals surface area contributed by atoms with Crippen molar-refractivity contribution in [3.63, 3.8) is 0 Å². The van der Waals surface area contributed by atoms with E-state index in [0.717, 1.165) is 16.9 Å². The zero-order valence-corrected chi connectivity index (χ0v) is 12.6. The largest absolute Gasteiger partial charge is 0.388 e. The van der Waals surface area contributed by atoms with E-state index < -0.39 is 5.92 Å². The van der Waals surface area contributed by atoms with E-state index in [1.807, 2.05) is 37.5 Å². The first kappa shape index (κ1) is 14.9. The Labute approximate surface area is 128 Å². The second kappa shape index (κ2) is 6.02. The van der Waals surface area contributed by atoms with Crippen LogP contribution in [0.5, 0.6) is 0 Å². The van der Waals surface area contributed by atoms with Gasteiger partial charge in [-0.05, 0) is 30.9 Å². The van der Waals surface area contributed by atoms with Gasteiger partial charge in [0.25, 0.3) is 0 Å². The fourth-order valence-electron chi connectivity index (χ4n) is 2.90. The van der Waals surface area contributed by atoms with Crippen LogP contribution in [-0.2, 0) is 6.54 Å². The molecule has 1 N–H and O–H groups in total. The molecule has 6 heteroatoms. The minimum Gasteiger partial charge on any atom is -0.388 e. The fourth-order valence-corrected chi connectivity index (χ4v) is 2.90. The summed E-state index contributed by atoms with van der Waals surface area (Å²) < 4.78 is 28.1. The second-order valence-corrected chi connectivity index (χ2v) is 5.96. The SMILES string of the molecule is CNc1cccc(-c2cn(CC3CCC(F)(F)CC3)nn2)c1. The number of hydrogen-bond donors (Lipinski definition) is 1. The lowest BCUT2D eigenvalue weighted by Crippen LogP contribution is -2.26. The molecule has 1 heterocycles. The van der Waals surface area contributed by atoms with E-state index >= 15 is 0 Å². The molecule has 1 aliphatic rings. The van der Waals surface area contributed by atoms with E-state index in [9.17, 15) is 8.78 Å². The van der Waals surface area contributed by atoms with E-state index in [1.165, 1.54) is 0 Å². The molecule has 0 bridgehead atoms. The number of nitrogens with zero attached hydrogens (tertiary/aromatic N) is 3. The van der Waals surface area contributed by atoms with E-state index in [2.05, 4.69) is 15.6 Å². The second-order valence-electron chi connectivity index (χ2n) is 5.96. The molecule has 0 unspecified atom stereocenters. The number of aromatic nitrogens is 3. The highest BCUT2D eigenvalue weighted by molar-refractivity contribution is 5.63. The Morgan fingerprint density at radius 1 is 1.32 bits per heavy atom. The Morgan fingerprint density at radius 3 is 2.82 bits per heavy atom. The highest BCUT2D eigenvalue weighted by Crippen LogP contribution is 2.36. The normalized spacial score (nSPS) is 18.3. The van der Waals surface area contributed by atoms with Crippen LogP contribution >= 0.6 is 0 Å². The van der Waals surface area contributed by atoms with Crippen molar-refractivity contribution in [1.29, 1.82) is 0 Å². The molecule has 0 spiro atoms. The average molecular weight is 306 g/mol. The van der Waals surface area contributed by atoms with Gasteiger partial charge in [0.05, 0.1) is 6.20 Å². The van der Waals surface area contributed by atoms with E-state index in [0.29, 0.717) is 19.4 Å². The summed E-state index contributed by atoms with van der Waals surface area (Å²) >= 11 is 0. The van der Waals surface area contributed by atoms with Gasteiger partial charge in [-0.15, -0.1) is 5.10 Å². The van der Waals surface area contributed by atoms with Gasteiger partial charge in [-0.1, -0.05) is 17.3 Å². The van der Waals surface area contributed by atoms with Crippen molar-refractivity contribution in [3.8, 4) is 11.3 Å². The van der Waals surface area contributed by atoms with Crippen LogP contribution in [0.25, 0.3) is 11.3 Å². The first-order chi connectivity index (χ1) is 10.6. The Morgan fingerprint density at radius 2 is 2.09 bits per heavy atom. The van der Waals surface area contributed by atoms with E-state index in [-0.39, 0.29) is 18.8 Å². The Bertz CT molecular complexity index is 629. The van der Waals surface area contributed by atoms with Crippen LogP contribution in [-0.4, -0.2) is 28.0 Å². The summed E-state index contributed by atoms with van der Waals surface area (Å²) in [6.45, 7) is 0.662. The lowest BCUT2D eigenvalue weighted by atomic mass is 9.87. The van der Waals surface area contributed by atoms with Gasteiger partial charge < -0.3 is 5.32 Å². The monoisotopic (exact) mass is 306 g/mol. The van der Waals surface area contributed by atoms with Crippen LogP contribution in [0, 0.1) is 5.92 Å². The smallest absolute Gasteiger partial charge is 0.248 e. The Hall–Kier alpha value is -1.98. The lowest BCUT2D eigenvalue weighted by molar-refractivity contribution is -0.0476. The standard InChI is InChI=1S/C16H20F2N4/c1-19-14-4-2-3-13(9-14)15-11-22(21-20-15)10-12-5-7-16(17,18)8-6-12/h2-4,9,11-12,19H,5-8,10H2,1H3. The molecule has 4 nitrogen and oxygen atoms in total. The quantitative estimate of drug-likeness (QED) is 0.934. The van der Waals surface area contributed by atoms with Gasteiger partial charge in [0.1, 0.15) is 5.69 Å². The number of nitrogens with one attached hydrogen (secondary N) is 1. The molecule has 0 atom stereocenters. The molecular weight excluding hydrogens is 286 g/mol. The van der Waals surface area contributed by atoms with E-state index in [1.54, 1.807) is 4.68 Å². The van der Waals surface area contributed by atoms with Crippen LogP contribution in [0.4, 0.5) is 14.5 Å². The molecular formula is C16H20F2N4. The van der Waals surface area contributed by atoms with Crippen LogP contribution in [0.15, 0.2) is 30.5 Å². The summed E-state index contributed by atoms with van der Waals surface area (Å²) in [5.41, 5.74) is 2.81. The van der Waals surface area contributed by atoms with Crippen molar-refractivity contribution in [3.05, 3.63) is 30.5 Å². The fraction of sp³-hybridized carbons (Fsp3) is 0.500. The van der Waals surface area contributed by atoms with Crippen molar-refractivity contribution in [2.24, 2.45) is 5.92 Å². The highest BCUT2D eigenvalue weighted by Gasteiger charge is 2.34. The zero-order valence-electron chi connectivity index (χ0n) is 12.6. The lowest BCUT2D eigenvalue weighted by Gasteiger charge is -2.27. The van der Waals surface area contributed by atoms with Crippen molar-refractivity contribution < 1.29 is 8.78 Å². The van der Waals surface area contributed by atoms with Crippen LogP contribution in [0.3, 0.4) is 0 Å². The molecule has 2 aromatic rings. The Balaban J connectivity index is 1.66. The summed E-state index contributed by atoms with van der Waals surface area (Å²) in [5, 5.41) is 11.4. The van der Waals surface area contributed by atoms with Gasteiger partial charge in [-0.25, -0.2) is 8.78 Å². The summed E-state index contributed by atoms with van der Waals surface area (Å²) in [5.74, 6) is -2.21. The minimum absolute atomic E-state index is 0.0105. The molecule has 3 rings (SSSR count). The van der Waals surface area contributed by atoms with E-state index in [4.69, 9.17) is 0 Å². The molecule has 118 valence electrons. The number of rotatable bonds is 4. The van der Waals surface area contributed by atoms with Crippen molar-refractivity contribution in [2.45, 2.75) is 38.2 Å². The topological polar surface area (TPSA) is 42.7 Å². The van der Waals surface area contributed by atoms with Crippen molar-refractivity contribution >= 4 is 5.69 Å². The third-order valence-corrected chi connectivity index (χ3v) is 4.27. The van der Waals surface area contributed by atoms with Gasteiger partial charge in [0.15, 0.2) is 0 Å². The van der Waals surface area contributed by atoms with Crippen molar-refractivity contribution in [1.82, 2.24) is 15.0 Å². The van der Waals surface area contributed by atoms with Crippen LogP contribution in [0.1, 0.15) is 25.7 Å². The maximum absolute atomic E-state index is 13.2. The number of halogens is 2. The molecule has 0 aliphatic heterocycles. The molecule has 1 fully saturated rings. The highest BCUT2D eigenvalue weighted by atomic mass is 19.3. The summed E-state index contributed by atoms with van der Waals surface area (Å²) in [6, 6.07) is 7.94. The Kier molecular flexibility index (Phi) is 4.09. The first-order valence-corrected chi connectivity index (χ1v) is 7.62. The first-order valence-electron chi connectivity index (χ1n) is 7.62. The molecule has 0 saturated heterocycles. The number of benzene rings is 1. The molecule has 0 radical (unpaired) electrons. The molecule has 0 amide bonds. The number of alkyl halides is 2. The number of hydrogen-bond acceptors (Lipinski definition) is 3. The molecule has 1 aliphatic carbocycles. The van der Waals surface area contributed by atoms with Gasteiger partial charge in [-0.3, -0.25) is 4.68 Å².